The Morgan fingerprint density at radius 2 is 2.06 bits per heavy atom. The van der Waals surface area contributed by atoms with E-state index in [1.54, 1.807) is 0 Å². The summed E-state index contributed by atoms with van der Waals surface area (Å²) in [6.45, 7) is 3.11. The second kappa shape index (κ2) is 6.05. The van der Waals surface area contributed by atoms with E-state index in [1.807, 2.05) is 19.1 Å². The third kappa shape index (κ3) is 3.13. The first-order chi connectivity index (χ1) is 8.70. The van der Waals surface area contributed by atoms with Crippen LogP contribution in [0.1, 0.15) is 31.4 Å². The van der Waals surface area contributed by atoms with Crippen LogP contribution in [0.5, 0.6) is 0 Å². The minimum Gasteiger partial charge on any atom is -0.396 e. The SMILES string of the molecule is Cc1ccc(N)c(NCC2CCCCC2CO)n1. The molecule has 1 fully saturated rings. The molecule has 0 aromatic carbocycles. The van der Waals surface area contributed by atoms with E-state index < -0.39 is 0 Å². The highest BCUT2D eigenvalue weighted by Gasteiger charge is 2.24. The zero-order valence-electron chi connectivity index (χ0n) is 11.0. The van der Waals surface area contributed by atoms with Gasteiger partial charge in [0.25, 0.3) is 0 Å². The van der Waals surface area contributed by atoms with Crippen LogP contribution in [0.25, 0.3) is 0 Å². The number of anilines is 2. The van der Waals surface area contributed by atoms with Crippen LogP contribution < -0.4 is 11.1 Å². The normalized spacial score (nSPS) is 23.9. The number of nitrogen functional groups attached to an aromatic ring is 1. The highest BCUT2D eigenvalue weighted by Crippen LogP contribution is 2.30. The maximum absolute atomic E-state index is 9.39. The van der Waals surface area contributed by atoms with E-state index >= 15 is 0 Å². The van der Waals surface area contributed by atoms with Crippen molar-refractivity contribution in [2.75, 3.05) is 24.2 Å². The Labute approximate surface area is 109 Å². The quantitative estimate of drug-likeness (QED) is 0.765. The van der Waals surface area contributed by atoms with E-state index in [0.29, 0.717) is 24.1 Å². The fourth-order valence-electron chi connectivity index (χ4n) is 2.73. The molecule has 4 nitrogen and oxygen atoms in total. The van der Waals surface area contributed by atoms with Crippen LogP contribution in [0.15, 0.2) is 12.1 Å². The van der Waals surface area contributed by atoms with Gasteiger partial charge >= 0.3 is 0 Å². The van der Waals surface area contributed by atoms with Gasteiger partial charge in [-0.25, -0.2) is 4.98 Å². The molecule has 4 heteroatoms. The smallest absolute Gasteiger partial charge is 0.149 e. The van der Waals surface area contributed by atoms with Crippen molar-refractivity contribution in [1.82, 2.24) is 4.98 Å². The van der Waals surface area contributed by atoms with Crippen molar-refractivity contribution in [2.24, 2.45) is 11.8 Å². The fourth-order valence-corrected chi connectivity index (χ4v) is 2.73. The standard InChI is InChI=1S/C14H23N3O/c1-10-6-7-13(15)14(17-10)16-8-11-4-2-3-5-12(11)9-18/h6-7,11-12,18H,2-5,8-9,15H2,1H3,(H,16,17). The third-order valence-corrected chi connectivity index (χ3v) is 3.90. The number of aliphatic hydroxyl groups excluding tert-OH is 1. The van der Waals surface area contributed by atoms with E-state index in [2.05, 4.69) is 10.3 Å². The van der Waals surface area contributed by atoms with Gasteiger partial charge in [-0.3, -0.25) is 0 Å². The average Bonchev–Trinajstić information content (AvgIpc) is 2.40. The molecule has 0 bridgehead atoms. The van der Waals surface area contributed by atoms with Crippen molar-refractivity contribution in [3.8, 4) is 0 Å². The van der Waals surface area contributed by atoms with Crippen LogP contribution in [0.3, 0.4) is 0 Å². The highest BCUT2D eigenvalue weighted by atomic mass is 16.3. The first-order valence-corrected chi connectivity index (χ1v) is 6.78. The van der Waals surface area contributed by atoms with Gasteiger partial charge in [-0.15, -0.1) is 0 Å². The molecule has 0 saturated heterocycles. The molecule has 0 amide bonds. The fraction of sp³-hybridized carbons (Fsp3) is 0.643. The van der Waals surface area contributed by atoms with Crippen LogP contribution in [-0.4, -0.2) is 23.2 Å². The maximum Gasteiger partial charge on any atom is 0.149 e. The number of aliphatic hydroxyl groups is 1. The lowest BCUT2D eigenvalue weighted by molar-refractivity contribution is 0.141. The number of aromatic nitrogens is 1. The number of nitrogens with two attached hydrogens (primary N) is 1. The number of pyridine rings is 1. The number of nitrogens with zero attached hydrogens (tertiary/aromatic N) is 1. The van der Waals surface area contributed by atoms with Gasteiger partial charge in [0.2, 0.25) is 0 Å². The second-order valence-corrected chi connectivity index (χ2v) is 5.26. The Hall–Kier alpha value is -1.29. The maximum atomic E-state index is 9.39. The molecule has 0 aliphatic heterocycles. The molecule has 1 aromatic heterocycles. The molecule has 1 aliphatic carbocycles. The largest absolute Gasteiger partial charge is 0.396 e. The van der Waals surface area contributed by atoms with Crippen LogP contribution in [0, 0.1) is 18.8 Å². The van der Waals surface area contributed by atoms with Crippen molar-refractivity contribution in [3.05, 3.63) is 17.8 Å². The minimum atomic E-state index is 0.295. The number of rotatable bonds is 4. The number of hydrogen-bond acceptors (Lipinski definition) is 4. The molecule has 2 atom stereocenters. The summed E-state index contributed by atoms with van der Waals surface area (Å²) in [6.07, 6.45) is 4.83. The first-order valence-electron chi connectivity index (χ1n) is 6.78. The van der Waals surface area contributed by atoms with E-state index in [1.165, 1.54) is 19.3 Å². The van der Waals surface area contributed by atoms with Gasteiger partial charge in [-0.2, -0.15) is 0 Å². The lowest BCUT2D eigenvalue weighted by atomic mass is 9.79. The van der Waals surface area contributed by atoms with Crippen molar-refractivity contribution < 1.29 is 5.11 Å². The summed E-state index contributed by atoms with van der Waals surface area (Å²) < 4.78 is 0. The van der Waals surface area contributed by atoms with Crippen LogP contribution in [0.2, 0.25) is 0 Å². The summed E-state index contributed by atoms with van der Waals surface area (Å²) in [5.74, 6) is 1.74. The topological polar surface area (TPSA) is 71.2 Å². The molecule has 1 aliphatic rings. The lowest BCUT2D eigenvalue weighted by Gasteiger charge is -2.30. The zero-order valence-corrected chi connectivity index (χ0v) is 11.0. The third-order valence-electron chi connectivity index (χ3n) is 3.90. The van der Waals surface area contributed by atoms with Gasteiger partial charge in [-0.1, -0.05) is 12.8 Å². The summed E-state index contributed by atoms with van der Waals surface area (Å²) >= 11 is 0. The van der Waals surface area contributed by atoms with Crippen LogP contribution in [0.4, 0.5) is 11.5 Å². The Morgan fingerprint density at radius 3 is 2.78 bits per heavy atom. The molecule has 18 heavy (non-hydrogen) atoms. The summed E-state index contributed by atoms with van der Waals surface area (Å²) in [6, 6.07) is 3.80. The zero-order chi connectivity index (χ0) is 13.0. The van der Waals surface area contributed by atoms with Gasteiger partial charge in [0.1, 0.15) is 5.82 Å². The van der Waals surface area contributed by atoms with E-state index in [4.69, 9.17) is 5.73 Å². The van der Waals surface area contributed by atoms with Crippen molar-refractivity contribution in [1.29, 1.82) is 0 Å². The Morgan fingerprint density at radius 1 is 1.33 bits per heavy atom. The van der Waals surface area contributed by atoms with E-state index in [9.17, 15) is 5.11 Å². The van der Waals surface area contributed by atoms with Gasteiger partial charge in [-0.05, 0) is 43.7 Å². The molecule has 1 saturated carbocycles. The van der Waals surface area contributed by atoms with Gasteiger partial charge < -0.3 is 16.2 Å². The summed E-state index contributed by atoms with van der Waals surface area (Å²) in [7, 11) is 0. The molecular weight excluding hydrogens is 226 g/mol. The summed E-state index contributed by atoms with van der Waals surface area (Å²) in [5, 5.41) is 12.7. The lowest BCUT2D eigenvalue weighted by Crippen LogP contribution is -2.29. The van der Waals surface area contributed by atoms with Gasteiger partial charge in [0, 0.05) is 18.8 Å². The molecular formula is C14H23N3O. The number of hydrogen-bond donors (Lipinski definition) is 3. The monoisotopic (exact) mass is 249 g/mol. The van der Waals surface area contributed by atoms with Gasteiger partial charge in [0.15, 0.2) is 0 Å². The number of aryl methyl sites for hydroxylation is 1. The Balaban J connectivity index is 1.95. The van der Waals surface area contributed by atoms with E-state index in [-0.39, 0.29) is 0 Å². The molecule has 0 spiro atoms. The molecule has 100 valence electrons. The molecule has 0 radical (unpaired) electrons. The van der Waals surface area contributed by atoms with Crippen LogP contribution >= 0.6 is 0 Å². The summed E-state index contributed by atoms with van der Waals surface area (Å²) in [5.41, 5.74) is 7.56. The van der Waals surface area contributed by atoms with E-state index in [0.717, 1.165) is 24.5 Å². The first kappa shape index (κ1) is 13.1. The average molecular weight is 249 g/mol. The second-order valence-electron chi connectivity index (χ2n) is 5.26. The van der Waals surface area contributed by atoms with Crippen LogP contribution in [-0.2, 0) is 0 Å². The molecule has 4 N–H and O–H groups in total. The van der Waals surface area contributed by atoms with Crippen molar-refractivity contribution >= 4 is 11.5 Å². The molecule has 1 aromatic rings. The predicted octanol–water partition coefficient (Wildman–Crippen LogP) is 2.18. The van der Waals surface area contributed by atoms with Crippen molar-refractivity contribution in [2.45, 2.75) is 32.6 Å². The van der Waals surface area contributed by atoms with Gasteiger partial charge in [0.05, 0.1) is 5.69 Å². The Bertz CT molecular complexity index is 395. The molecule has 2 rings (SSSR count). The molecule has 1 heterocycles. The Kier molecular flexibility index (Phi) is 4.42. The summed E-state index contributed by atoms with van der Waals surface area (Å²) in [4.78, 5) is 4.41. The minimum absolute atomic E-state index is 0.295. The molecule has 2 unspecified atom stereocenters. The predicted molar refractivity (Wildman–Crippen MR) is 74.4 cm³/mol. The number of nitrogens with one attached hydrogen (secondary N) is 1. The highest BCUT2D eigenvalue weighted by molar-refractivity contribution is 5.61. The van der Waals surface area contributed by atoms with Crippen molar-refractivity contribution in [3.63, 3.8) is 0 Å².